The Kier molecular flexibility index (Phi) is 5.18. The molecule has 1 aromatic rings. The summed E-state index contributed by atoms with van der Waals surface area (Å²) in [4.78, 5) is 0. The second-order valence-electron chi connectivity index (χ2n) is 3.18. The van der Waals surface area contributed by atoms with Crippen molar-refractivity contribution in [2.24, 2.45) is 5.73 Å². The van der Waals surface area contributed by atoms with Gasteiger partial charge in [-0.15, -0.1) is 0 Å². The van der Waals surface area contributed by atoms with Gasteiger partial charge in [-0.2, -0.15) is 0 Å². The van der Waals surface area contributed by atoms with Gasteiger partial charge in [0.25, 0.3) is 0 Å². The van der Waals surface area contributed by atoms with Gasteiger partial charge in [-0.25, -0.2) is 0 Å². The van der Waals surface area contributed by atoms with Crippen LogP contribution in [0.3, 0.4) is 0 Å². The van der Waals surface area contributed by atoms with Crippen molar-refractivity contribution >= 4 is 23.2 Å². The summed E-state index contributed by atoms with van der Waals surface area (Å²) in [6, 6.07) is 0. The van der Waals surface area contributed by atoms with Crippen molar-refractivity contribution in [2.45, 2.75) is 20.4 Å². The lowest BCUT2D eigenvalue weighted by Crippen LogP contribution is -2.05. The second-order valence-corrected chi connectivity index (χ2v) is 3.94. The molecule has 96 valence electrons. The molecule has 0 amide bonds. The Balaban J connectivity index is 3.45. The molecule has 0 saturated carbocycles. The van der Waals surface area contributed by atoms with Gasteiger partial charge in [0.05, 0.1) is 18.8 Å². The summed E-state index contributed by atoms with van der Waals surface area (Å²) < 4.78 is 10.7. The quantitative estimate of drug-likeness (QED) is 0.870. The lowest BCUT2D eigenvalue weighted by atomic mass is 10.1. The van der Waals surface area contributed by atoms with Gasteiger partial charge in [0, 0.05) is 6.54 Å². The van der Waals surface area contributed by atoms with Gasteiger partial charge in [0.1, 0.15) is 21.5 Å². The van der Waals surface area contributed by atoms with Gasteiger partial charge in [-0.05, 0) is 13.8 Å². The zero-order valence-electron chi connectivity index (χ0n) is 9.72. The molecule has 0 atom stereocenters. The average molecular weight is 280 g/mol. The van der Waals surface area contributed by atoms with Crippen LogP contribution in [-0.2, 0) is 6.54 Å². The van der Waals surface area contributed by atoms with Crippen LogP contribution < -0.4 is 15.2 Å². The molecule has 0 bridgehead atoms. The molecule has 4 nitrogen and oxygen atoms in total. The highest BCUT2D eigenvalue weighted by molar-refractivity contribution is 6.39. The number of benzene rings is 1. The lowest BCUT2D eigenvalue weighted by molar-refractivity contribution is 0.316. The summed E-state index contributed by atoms with van der Waals surface area (Å²) in [6.45, 7) is 4.46. The maximum Gasteiger partial charge on any atom is 0.164 e. The molecule has 0 saturated heterocycles. The third-order valence-electron chi connectivity index (χ3n) is 2.15. The Hall–Kier alpha value is -0.840. The number of hydrogen-bond acceptors (Lipinski definition) is 4. The maximum atomic E-state index is 9.91. The number of hydrogen-bond donors (Lipinski definition) is 2. The minimum atomic E-state index is -0.148. The van der Waals surface area contributed by atoms with E-state index < -0.39 is 0 Å². The molecule has 0 unspecified atom stereocenters. The fraction of sp³-hybridized carbons (Fsp3) is 0.455. The van der Waals surface area contributed by atoms with Crippen molar-refractivity contribution in [1.29, 1.82) is 0 Å². The predicted molar refractivity (Wildman–Crippen MR) is 68.4 cm³/mol. The molecule has 17 heavy (non-hydrogen) atoms. The highest BCUT2D eigenvalue weighted by Crippen LogP contribution is 2.48. The monoisotopic (exact) mass is 279 g/mol. The number of phenolic OH excluding ortho intramolecular Hbond substituents is 1. The molecule has 1 aromatic carbocycles. The number of halogens is 2. The van der Waals surface area contributed by atoms with Crippen LogP contribution in [0.4, 0.5) is 0 Å². The van der Waals surface area contributed by atoms with Crippen molar-refractivity contribution in [1.82, 2.24) is 0 Å². The molecule has 3 N–H and O–H groups in total. The van der Waals surface area contributed by atoms with Crippen molar-refractivity contribution in [3.63, 3.8) is 0 Å². The smallest absolute Gasteiger partial charge is 0.164 e. The number of ether oxygens (including phenoxy) is 2. The van der Waals surface area contributed by atoms with Crippen LogP contribution in [-0.4, -0.2) is 18.3 Å². The molecule has 0 fully saturated rings. The fourth-order valence-electron chi connectivity index (χ4n) is 1.43. The Bertz CT molecular complexity index is 410. The van der Waals surface area contributed by atoms with E-state index in [9.17, 15) is 5.11 Å². The van der Waals surface area contributed by atoms with Crippen LogP contribution in [0.2, 0.25) is 10.0 Å². The SMILES string of the molecule is CCOc1c(Cl)c(O)c(CN)c(OCC)c1Cl. The standard InChI is InChI=1S/C11H15Cl2NO3/c1-3-16-10-6(5-14)9(15)7(12)11(8(10)13)17-4-2/h15H,3-5,14H2,1-2H3. The van der Waals surface area contributed by atoms with Crippen LogP contribution >= 0.6 is 23.2 Å². The van der Waals surface area contributed by atoms with Gasteiger partial charge in [-0.1, -0.05) is 23.2 Å². The van der Waals surface area contributed by atoms with E-state index in [4.69, 9.17) is 38.4 Å². The minimum absolute atomic E-state index is 0.0563. The highest BCUT2D eigenvalue weighted by atomic mass is 35.5. The van der Waals surface area contributed by atoms with Gasteiger partial charge < -0.3 is 20.3 Å². The number of phenols is 1. The van der Waals surface area contributed by atoms with E-state index in [2.05, 4.69) is 0 Å². The third kappa shape index (κ3) is 2.70. The van der Waals surface area contributed by atoms with E-state index >= 15 is 0 Å². The maximum absolute atomic E-state index is 9.91. The zero-order chi connectivity index (χ0) is 13.0. The molecule has 0 radical (unpaired) electrons. The van der Waals surface area contributed by atoms with E-state index in [-0.39, 0.29) is 28.1 Å². The second kappa shape index (κ2) is 6.19. The van der Waals surface area contributed by atoms with E-state index in [1.54, 1.807) is 6.92 Å². The van der Waals surface area contributed by atoms with Crippen LogP contribution in [0.15, 0.2) is 0 Å². The zero-order valence-corrected chi connectivity index (χ0v) is 11.2. The van der Waals surface area contributed by atoms with Crippen LogP contribution in [0.25, 0.3) is 0 Å². The first-order valence-corrected chi connectivity index (χ1v) is 6.02. The largest absolute Gasteiger partial charge is 0.506 e. The summed E-state index contributed by atoms with van der Waals surface area (Å²) in [5.74, 6) is 0.390. The van der Waals surface area contributed by atoms with Crippen LogP contribution in [0.1, 0.15) is 19.4 Å². The molecule has 1 rings (SSSR count). The van der Waals surface area contributed by atoms with E-state index in [1.807, 2.05) is 6.92 Å². The third-order valence-corrected chi connectivity index (χ3v) is 2.84. The van der Waals surface area contributed by atoms with Crippen molar-refractivity contribution in [3.05, 3.63) is 15.6 Å². The molecule has 0 aromatic heterocycles. The highest BCUT2D eigenvalue weighted by Gasteiger charge is 2.23. The first-order chi connectivity index (χ1) is 8.08. The summed E-state index contributed by atoms with van der Waals surface area (Å²) >= 11 is 12.1. The Morgan fingerprint density at radius 2 is 1.59 bits per heavy atom. The lowest BCUT2D eigenvalue weighted by Gasteiger charge is -2.17. The van der Waals surface area contributed by atoms with Crippen molar-refractivity contribution in [2.75, 3.05) is 13.2 Å². The molecule has 6 heteroatoms. The summed E-state index contributed by atoms with van der Waals surface area (Å²) in [5, 5.41) is 10.2. The molecule has 0 aliphatic heterocycles. The number of nitrogens with two attached hydrogens (primary N) is 1. The van der Waals surface area contributed by atoms with Crippen LogP contribution in [0.5, 0.6) is 17.2 Å². The van der Waals surface area contributed by atoms with Crippen molar-refractivity contribution in [3.8, 4) is 17.2 Å². The van der Waals surface area contributed by atoms with Gasteiger partial charge in [-0.3, -0.25) is 0 Å². The molecular formula is C11H15Cl2NO3. The Morgan fingerprint density at radius 1 is 1.06 bits per heavy atom. The van der Waals surface area contributed by atoms with E-state index in [0.717, 1.165) is 0 Å². The molecule has 0 spiro atoms. The predicted octanol–water partition coefficient (Wildman–Crippen LogP) is 2.96. The van der Waals surface area contributed by atoms with E-state index in [1.165, 1.54) is 0 Å². The number of rotatable bonds is 5. The topological polar surface area (TPSA) is 64.7 Å². The first kappa shape index (κ1) is 14.2. The first-order valence-electron chi connectivity index (χ1n) is 5.26. The molecular weight excluding hydrogens is 265 g/mol. The average Bonchev–Trinajstić information content (AvgIpc) is 2.32. The van der Waals surface area contributed by atoms with Gasteiger partial charge >= 0.3 is 0 Å². The molecule has 0 aliphatic carbocycles. The Labute approximate surface area is 110 Å². The normalized spacial score (nSPS) is 10.4. The molecule has 0 heterocycles. The van der Waals surface area contributed by atoms with E-state index in [0.29, 0.717) is 24.5 Å². The summed E-state index contributed by atoms with van der Waals surface area (Å²) in [5.41, 5.74) is 5.93. The summed E-state index contributed by atoms with van der Waals surface area (Å²) in [6.07, 6.45) is 0. The van der Waals surface area contributed by atoms with Crippen molar-refractivity contribution < 1.29 is 14.6 Å². The summed E-state index contributed by atoms with van der Waals surface area (Å²) in [7, 11) is 0. The fourth-order valence-corrected chi connectivity index (χ4v) is 2.06. The minimum Gasteiger partial charge on any atom is -0.506 e. The Morgan fingerprint density at radius 3 is 2.06 bits per heavy atom. The van der Waals surface area contributed by atoms with Gasteiger partial charge in [0.2, 0.25) is 0 Å². The number of aromatic hydroxyl groups is 1. The van der Waals surface area contributed by atoms with Crippen LogP contribution in [0, 0.1) is 0 Å². The van der Waals surface area contributed by atoms with Gasteiger partial charge in [0.15, 0.2) is 5.75 Å². The molecule has 0 aliphatic rings.